The molecule has 0 unspecified atom stereocenters. The van der Waals surface area contributed by atoms with Crippen molar-refractivity contribution in [2.75, 3.05) is 5.73 Å². The third-order valence-electron chi connectivity index (χ3n) is 2.57. The standard InChI is InChI=1S/C14H12F3NO/c1-9-2-7-13(12(18)8-9)19-11-5-3-10(4-6-11)14(15,16)17/h2-8H,18H2,1H3. The van der Waals surface area contributed by atoms with Gasteiger partial charge in [-0.2, -0.15) is 13.2 Å². The van der Waals surface area contributed by atoms with Crippen LogP contribution in [0.25, 0.3) is 0 Å². The normalized spacial score (nSPS) is 11.4. The number of rotatable bonds is 2. The van der Waals surface area contributed by atoms with Gasteiger partial charge in [-0.15, -0.1) is 0 Å². The van der Waals surface area contributed by atoms with Gasteiger partial charge in [0.05, 0.1) is 11.3 Å². The smallest absolute Gasteiger partial charge is 0.416 e. The van der Waals surface area contributed by atoms with E-state index in [1.54, 1.807) is 12.1 Å². The van der Waals surface area contributed by atoms with Gasteiger partial charge in [-0.05, 0) is 48.9 Å². The van der Waals surface area contributed by atoms with Crippen molar-refractivity contribution in [3.63, 3.8) is 0 Å². The van der Waals surface area contributed by atoms with Gasteiger partial charge in [-0.25, -0.2) is 0 Å². The first-order chi connectivity index (χ1) is 8.86. The lowest BCUT2D eigenvalue weighted by atomic mass is 10.2. The molecule has 0 aliphatic rings. The van der Waals surface area contributed by atoms with E-state index in [1.807, 2.05) is 13.0 Å². The van der Waals surface area contributed by atoms with Crippen LogP contribution in [0.15, 0.2) is 42.5 Å². The molecule has 0 aromatic heterocycles. The largest absolute Gasteiger partial charge is 0.455 e. The van der Waals surface area contributed by atoms with E-state index in [1.165, 1.54) is 12.1 Å². The summed E-state index contributed by atoms with van der Waals surface area (Å²) >= 11 is 0. The molecule has 0 saturated heterocycles. The van der Waals surface area contributed by atoms with Crippen molar-refractivity contribution in [2.45, 2.75) is 13.1 Å². The second kappa shape index (κ2) is 4.84. The molecule has 0 bridgehead atoms. The zero-order valence-corrected chi connectivity index (χ0v) is 10.2. The van der Waals surface area contributed by atoms with Crippen LogP contribution in [0.5, 0.6) is 11.5 Å². The van der Waals surface area contributed by atoms with E-state index >= 15 is 0 Å². The molecule has 0 atom stereocenters. The summed E-state index contributed by atoms with van der Waals surface area (Å²) in [6.07, 6.45) is -4.35. The maximum Gasteiger partial charge on any atom is 0.416 e. The summed E-state index contributed by atoms with van der Waals surface area (Å²) < 4.78 is 42.6. The third kappa shape index (κ3) is 3.19. The van der Waals surface area contributed by atoms with Crippen LogP contribution >= 0.6 is 0 Å². The first-order valence-corrected chi connectivity index (χ1v) is 5.57. The topological polar surface area (TPSA) is 35.2 Å². The monoisotopic (exact) mass is 267 g/mol. The van der Waals surface area contributed by atoms with Gasteiger partial charge in [0.2, 0.25) is 0 Å². The Morgan fingerprint density at radius 3 is 2.16 bits per heavy atom. The number of alkyl halides is 3. The molecule has 0 spiro atoms. The predicted molar refractivity (Wildman–Crippen MR) is 67.1 cm³/mol. The molecule has 2 rings (SSSR count). The molecule has 100 valence electrons. The average Bonchev–Trinajstić information content (AvgIpc) is 2.32. The number of hydrogen-bond acceptors (Lipinski definition) is 2. The van der Waals surface area contributed by atoms with Crippen molar-refractivity contribution >= 4 is 5.69 Å². The Bertz CT molecular complexity index is 576. The lowest BCUT2D eigenvalue weighted by Gasteiger charge is -2.10. The summed E-state index contributed by atoms with van der Waals surface area (Å²) in [7, 11) is 0. The van der Waals surface area contributed by atoms with Gasteiger partial charge in [-0.1, -0.05) is 6.07 Å². The van der Waals surface area contributed by atoms with Crippen molar-refractivity contribution in [3.05, 3.63) is 53.6 Å². The first-order valence-electron chi connectivity index (χ1n) is 5.57. The molecule has 5 heteroatoms. The Balaban J connectivity index is 2.20. The van der Waals surface area contributed by atoms with Gasteiger partial charge in [0.15, 0.2) is 0 Å². The number of anilines is 1. The van der Waals surface area contributed by atoms with Crippen molar-refractivity contribution in [3.8, 4) is 11.5 Å². The molecule has 2 aromatic rings. The predicted octanol–water partition coefficient (Wildman–Crippen LogP) is 4.39. The van der Waals surface area contributed by atoms with E-state index in [9.17, 15) is 13.2 Å². The molecule has 0 amide bonds. The van der Waals surface area contributed by atoms with Crippen LogP contribution in [-0.4, -0.2) is 0 Å². The van der Waals surface area contributed by atoms with Crippen LogP contribution in [0.1, 0.15) is 11.1 Å². The minimum Gasteiger partial charge on any atom is -0.455 e. The van der Waals surface area contributed by atoms with E-state index in [0.717, 1.165) is 17.7 Å². The van der Waals surface area contributed by atoms with Crippen molar-refractivity contribution in [1.29, 1.82) is 0 Å². The quantitative estimate of drug-likeness (QED) is 0.819. The van der Waals surface area contributed by atoms with E-state index in [-0.39, 0.29) is 0 Å². The number of nitrogen functional groups attached to an aromatic ring is 1. The van der Waals surface area contributed by atoms with Crippen molar-refractivity contribution in [1.82, 2.24) is 0 Å². The summed E-state index contributed by atoms with van der Waals surface area (Å²) in [5.41, 5.74) is 6.48. The van der Waals surface area contributed by atoms with Crippen LogP contribution in [-0.2, 0) is 6.18 Å². The minimum atomic E-state index is -4.35. The Hall–Kier alpha value is -2.17. The highest BCUT2D eigenvalue weighted by Gasteiger charge is 2.30. The van der Waals surface area contributed by atoms with E-state index in [2.05, 4.69) is 0 Å². The van der Waals surface area contributed by atoms with Gasteiger partial charge in [0.1, 0.15) is 11.5 Å². The van der Waals surface area contributed by atoms with Crippen molar-refractivity contribution in [2.24, 2.45) is 0 Å². The molecule has 2 aromatic carbocycles. The molecule has 0 aliphatic carbocycles. The highest BCUT2D eigenvalue weighted by Crippen LogP contribution is 2.32. The maximum atomic E-state index is 12.4. The highest BCUT2D eigenvalue weighted by atomic mass is 19.4. The number of benzene rings is 2. The Morgan fingerprint density at radius 1 is 1.00 bits per heavy atom. The van der Waals surface area contributed by atoms with E-state index in [4.69, 9.17) is 10.5 Å². The van der Waals surface area contributed by atoms with Crippen LogP contribution in [0, 0.1) is 6.92 Å². The number of halogens is 3. The molecule has 0 fully saturated rings. The fourth-order valence-corrected chi connectivity index (χ4v) is 1.60. The molecule has 2 N–H and O–H groups in total. The summed E-state index contributed by atoms with van der Waals surface area (Å²) in [4.78, 5) is 0. The molecule has 19 heavy (non-hydrogen) atoms. The Kier molecular flexibility index (Phi) is 3.38. The highest BCUT2D eigenvalue weighted by molar-refractivity contribution is 5.55. The molecule has 0 aliphatic heterocycles. The van der Waals surface area contributed by atoms with E-state index < -0.39 is 11.7 Å². The van der Waals surface area contributed by atoms with Crippen molar-refractivity contribution < 1.29 is 17.9 Å². The van der Waals surface area contributed by atoms with Crippen LogP contribution in [0.2, 0.25) is 0 Å². The van der Waals surface area contributed by atoms with Crippen LogP contribution < -0.4 is 10.5 Å². The fraction of sp³-hybridized carbons (Fsp3) is 0.143. The Morgan fingerprint density at radius 2 is 1.63 bits per heavy atom. The second-order valence-electron chi connectivity index (χ2n) is 4.17. The molecule has 0 heterocycles. The molecule has 0 saturated carbocycles. The molecular weight excluding hydrogens is 255 g/mol. The van der Waals surface area contributed by atoms with E-state index in [0.29, 0.717) is 17.2 Å². The molecule has 2 nitrogen and oxygen atoms in total. The number of aryl methyl sites for hydroxylation is 1. The summed E-state index contributed by atoms with van der Waals surface area (Å²) in [5.74, 6) is 0.730. The maximum absolute atomic E-state index is 12.4. The molecular formula is C14H12F3NO. The summed E-state index contributed by atoms with van der Waals surface area (Å²) in [5, 5.41) is 0. The second-order valence-corrected chi connectivity index (χ2v) is 4.17. The van der Waals surface area contributed by atoms with Crippen LogP contribution in [0.4, 0.5) is 18.9 Å². The van der Waals surface area contributed by atoms with Gasteiger partial charge < -0.3 is 10.5 Å². The zero-order chi connectivity index (χ0) is 14.0. The minimum absolute atomic E-state index is 0.309. The summed E-state index contributed by atoms with van der Waals surface area (Å²) in [6, 6.07) is 9.71. The summed E-state index contributed by atoms with van der Waals surface area (Å²) in [6.45, 7) is 1.89. The number of ether oxygens (including phenoxy) is 1. The van der Waals surface area contributed by atoms with Gasteiger partial charge in [-0.3, -0.25) is 0 Å². The SMILES string of the molecule is Cc1ccc(Oc2ccc(C(F)(F)F)cc2)c(N)c1. The molecule has 0 radical (unpaired) electrons. The lowest BCUT2D eigenvalue weighted by molar-refractivity contribution is -0.137. The first kappa shape index (κ1) is 13.3. The average molecular weight is 267 g/mol. The number of hydrogen-bond donors (Lipinski definition) is 1. The fourth-order valence-electron chi connectivity index (χ4n) is 1.60. The lowest BCUT2D eigenvalue weighted by Crippen LogP contribution is -2.04. The van der Waals surface area contributed by atoms with Gasteiger partial charge in [0, 0.05) is 0 Å². The zero-order valence-electron chi connectivity index (χ0n) is 10.2. The van der Waals surface area contributed by atoms with Gasteiger partial charge >= 0.3 is 6.18 Å². The Labute approximate surface area is 108 Å². The van der Waals surface area contributed by atoms with Gasteiger partial charge in [0.25, 0.3) is 0 Å². The van der Waals surface area contributed by atoms with Crippen LogP contribution in [0.3, 0.4) is 0 Å². The number of nitrogens with two attached hydrogens (primary N) is 1. The third-order valence-corrected chi connectivity index (χ3v) is 2.57.